The molecule has 0 aliphatic carbocycles. The van der Waals surface area contributed by atoms with Gasteiger partial charge in [0.1, 0.15) is 23.3 Å². The van der Waals surface area contributed by atoms with Crippen LogP contribution in [-0.2, 0) is 21.2 Å². The number of carbonyl (C=O) groups is 1. The first kappa shape index (κ1) is 25.9. The third kappa shape index (κ3) is 7.42. The number of anilines is 1. The number of rotatable bonds is 11. The molecule has 0 aliphatic heterocycles. The molecular weight excluding hydrogens is 488 g/mol. The third-order valence-corrected chi connectivity index (χ3v) is 6.93. The Morgan fingerprint density at radius 3 is 1.95 bits per heavy atom. The first-order chi connectivity index (χ1) is 17.9. The monoisotopic (exact) mass is 516 g/mol. The highest BCUT2D eigenvalue weighted by molar-refractivity contribution is 7.89. The molecule has 0 heterocycles. The number of amides is 1. The summed E-state index contributed by atoms with van der Waals surface area (Å²) in [6, 6.07) is 30.5. The summed E-state index contributed by atoms with van der Waals surface area (Å²) in [5.41, 5.74) is 1.34. The zero-order chi connectivity index (χ0) is 26.1. The van der Waals surface area contributed by atoms with Crippen LogP contribution in [0.2, 0.25) is 0 Å². The van der Waals surface area contributed by atoms with Crippen LogP contribution in [-0.4, -0.2) is 27.0 Å². The summed E-state index contributed by atoms with van der Waals surface area (Å²) in [6.07, 6.45) is 0.179. The molecular formula is C29H28N2O5S. The topological polar surface area (TPSA) is 93.7 Å². The second kappa shape index (κ2) is 12.2. The van der Waals surface area contributed by atoms with E-state index in [2.05, 4.69) is 10.0 Å². The van der Waals surface area contributed by atoms with Crippen molar-refractivity contribution in [2.45, 2.75) is 24.3 Å². The molecule has 7 nitrogen and oxygen atoms in total. The molecule has 0 bridgehead atoms. The van der Waals surface area contributed by atoms with Gasteiger partial charge in [-0.2, -0.15) is 4.72 Å². The SMILES string of the molecule is CCOc1ccc(S(=O)(=O)N[C@H](Cc2ccccc2)C(=O)Nc2ccc(Oc3ccccc3)cc2)cc1. The van der Waals surface area contributed by atoms with Gasteiger partial charge in [0.15, 0.2) is 0 Å². The van der Waals surface area contributed by atoms with Crippen molar-refractivity contribution in [2.24, 2.45) is 0 Å². The van der Waals surface area contributed by atoms with Gasteiger partial charge >= 0.3 is 0 Å². The van der Waals surface area contributed by atoms with Gasteiger partial charge in [0.05, 0.1) is 11.5 Å². The van der Waals surface area contributed by atoms with Crippen molar-refractivity contribution >= 4 is 21.6 Å². The number of hydrogen-bond acceptors (Lipinski definition) is 5. The molecule has 0 fully saturated rings. The molecule has 1 amide bonds. The van der Waals surface area contributed by atoms with E-state index in [1.54, 1.807) is 36.4 Å². The molecule has 37 heavy (non-hydrogen) atoms. The lowest BCUT2D eigenvalue weighted by atomic mass is 10.1. The van der Waals surface area contributed by atoms with Crippen LogP contribution in [0.25, 0.3) is 0 Å². The lowest BCUT2D eigenvalue weighted by Crippen LogP contribution is -2.45. The first-order valence-electron chi connectivity index (χ1n) is 11.9. The van der Waals surface area contributed by atoms with Crippen molar-refractivity contribution in [1.82, 2.24) is 4.72 Å². The van der Waals surface area contributed by atoms with E-state index >= 15 is 0 Å². The molecule has 190 valence electrons. The van der Waals surface area contributed by atoms with Crippen LogP contribution in [0.5, 0.6) is 17.2 Å². The Labute approximate surface area is 217 Å². The number of carbonyl (C=O) groups excluding carboxylic acids is 1. The zero-order valence-electron chi connectivity index (χ0n) is 20.3. The van der Waals surface area contributed by atoms with Gasteiger partial charge in [0, 0.05) is 5.69 Å². The van der Waals surface area contributed by atoms with E-state index in [0.717, 1.165) is 5.56 Å². The second-order valence-corrected chi connectivity index (χ2v) is 9.91. The van der Waals surface area contributed by atoms with E-state index in [1.165, 1.54) is 12.1 Å². The van der Waals surface area contributed by atoms with E-state index < -0.39 is 22.0 Å². The molecule has 8 heteroatoms. The molecule has 0 aliphatic rings. The number of ether oxygens (including phenoxy) is 2. The van der Waals surface area contributed by atoms with Crippen LogP contribution in [0.4, 0.5) is 5.69 Å². The van der Waals surface area contributed by atoms with Crippen molar-refractivity contribution in [3.05, 3.63) is 115 Å². The molecule has 4 aromatic carbocycles. The van der Waals surface area contributed by atoms with Gasteiger partial charge in [-0.15, -0.1) is 0 Å². The predicted octanol–water partition coefficient (Wildman–Crippen LogP) is 5.41. The fourth-order valence-corrected chi connectivity index (χ4v) is 4.83. The van der Waals surface area contributed by atoms with E-state index in [0.29, 0.717) is 29.5 Å². The normalized spacial score (nSPS) is 11.9. The van der Waals surface area contributed by atoms with Crippen molar-refractivity contribution < 1.29 is 22.7 Å². The average Bonchev–Trinajstić information content (AvgIpc) is 2.91. The Balaban J connectivity index is 1.49. The Hall–Kier alpha value is -4.14. The summed E-state index contributed by atoms with van der Waals surface area (Å²) in [4.78, 5) is 13.3. The third-order valence-electron chi connectivity index (χ3n) is 5.44. The van der Waals surface area contributed by atoms with Crippen molar-refractivity contribution in [1.29, 1.82) is 0 Å². The Morgan fingerprint density at radius 2 is 1.32 bits per heavy atom. The van der Waals surface area contributed by atoms with Crippen LogP contribution >= 0.6 is 0 Å². The molecule has 0 unspecified atom stereocenters. The number of sulfonamides is 1. The fourth-order valence-electron chi connectivity index (χ4n) is 3.63. The number of benzene rings is 4. The highest BCUT2D eigenvalue weighted by atomic mass is 32.2. The minimum atomic E-state index is -3.98. The van der Waals surface area contributed by atoms with Crippen LogP contribution < -0.4 is 19.5 Å². The van der Waals surface area contributed by atoms with Gasteiger partial charge in [-0.25, -0.2) is 8.42 Å². The van der Waals surface area contributed by atoms with Gasteiger partial charge in [-0.1, -0.05) is 48.5 Å². The minimum absolute atomic E-state index is 0.0456. The largest absolute Gasteiger partial charge is 0.494 e. The van der Waals surface area contributed by atoms with Gasteiger partial charge in [0.2, 0.25) is 15.9 Å². The first-order valence-corrected chi connectivity index (χ1v) is 13.3. The van der Waals surface area contributed by atoms with E-state index in [9.17, 15) is 13.2 Å². The number of nitrogens with one attached hydrogen (secondary N) is 2. The molecule has 0 saturated heterocycles. The van der Waals surface area contributed by atoms with E-state index in [4.69, 9.17) is 9.47 Å². The molecule has 4 rings (SSSR count). The summed E-state index contributed by atoms with van der Waals surface area (Å²) < 4.78 is 40.0. The summed E-state index contributed by atoms with van der Waals surface area (Å²) in [5.74, 6) is 1.40. The molecule has 1 atom stereocenters. The number of hydrogen-bond donors (Lipinski definition) is 2. The van der Waals surface area contributed by atoms with Crippen molar-refractivity contribution in [3.8, 4) is 17.2 Å². The quantitative estimate of drug-likeness (QED) is 0.278. The Bertz CT molecular complexity index is 1390. The summed E-state index contributed by atoms with van der Waals surface area (Å²) >= 11 is 0. The maximum absolute atomic E-state index is 13.3. The fraction of sp³-hybridized carbons (Fsp3) is 0.138. The number of para-hydroxylation sites is 1. The van der Waals surface area contributed by atoms with Crippen molar-refractivity contribution in [3.63, 3.8) is 0 Å². The maximum atomic E-state index is 13.3. The lowest BCUT2D eigenvalue weighted by Gasteiger charge is -2.19. The van der Waals surface area contributed by atoms with Crippen LogP contribution in [0.15, 0.2) is 114 Å². The minimum Gasteiger partial charge on any atom is -0.494 e. The van der Waals surface area contributed by atoms with Crippen LogP contribution in [0.1, 0.15) is 12.5 Å². The zero-order valence-corrected chi connectivity index (χ0v) is 21.1. The smallest absolute Gasteiger partial charge is 0.242 e. The molecule has 2 N–H and O–H groups in total. The maximum Gasteiger partial charge on any atom is 0.242 e. The average molecular weight is 517 g/mol. The summed E-state index contributed by atoms with van der Waals surface area (Å²) in [7, 11) is -3.98. The van der Waals surface area contributed by atoms with Gasteiger partial charge in [0.25, 0.3) is 0 Å². The van der Waals surface area contributed by atoms with Gasteiger partial charge in [-0.05, 0) is 79.6 Å². The van der Waals surface area contributed by atoms with Gasteiger partial charge < -0.3 is 14.8 Å². The highest BCUT2D eigenvalue weighted by Gasteiger charge is 2.26. The molecule has 0 spiro atoms. The summed E-state index contributed by atoms with van der Waals surface area (Å²) in [5, 5.41) is 2.81. The summed E-state index contributed by atoms with van der Waals surface area (Å²) in [6.45, 7) is 2.33. The Morgan fingerprint density at radius 1 is 0.757 bits per heavy atom. The Kier molecular flexibility index (Phi) is 8.56. The molecule has 0 aromatic heterocycles. The lowest BCUT2D eigenvalue weighted by molar-refractivity contribution is -0.117. The standard InChI is InChI=1S/C29H28N2O5S/c1-2-35-24-17-19-27(20-18-24)37(33,34)31-28(21-22-9-5-3-6-10-22)29(32)30-23-13-15-26(16-14-23)36-25-11-7-4-8-12-25/h3-20,28,31H,2,21H2,1H3,(H,30,32)/t28-/m1/s1. The van der Waals surface area contributed by atoms with Crippen LogP contribution in [0, 0.1) is 0 Å². The molecule has 4 aromatic rings. The highest BCUT2D eigenvalue weighted by Crippen LogP contribution is 2.23. The van der Waals surface area contributed by atoms with Crippen LogP contribution in [0.3, 0.4) is 0 Å². The van der Waals surface area contributed by atoms with Gasteiger partial charge in [-0.3, -0.25) is 4.79 Å². The predicted molar refractivity (Wildman–Crippen MR) is 143 cm³/mol. The molecule has 0 radical (unpaired) electrons. The van der Waals surface area contributed by atoms with Crippen molar-refractivity contribution in [2.75, 3.05) is 11.9 Å². The second-order valence-electron chi connectivity index (χ2n) is 8.20. The van der Waals surface area contributed by atoms with E-state index in [1.807, 2.05) is 67.6 Å². The molecule has 0 saturated carbocycles. The van der Waals surface area contributed by atoms with E-state index in [-0.39, 0.29) is 11.3 Å².